The smallest absolute Gasteiger partial charge is 0.255 e. The van der Waals surface area contributed by atoms with Crippen LogP contribution >= 0.6 is 27.5 Å². The highest BCUT2D eigenvalue weighted by Gasteiger charge is 2.09. The topological polar surface area (TPSA) is 125 Å². The summed E-state index contributed by atoms with van der Waals surface area (Å²) in [5.41, 5.74) is 7.64. The Labute approximate surface area is 246 Å². The maximum Gasteiger partial charge on any atom is 0.255 e. The molecule has 0 unspecified atom stereocenters. The third-order valence-electron chi connectivity index (χ3n) is 5.00. The van der Waals surface area contributed by atoms with Crippen LogP contribution in [-0.4, -0.2) is 47.3 Å². The van der Waals surface area contributed by atoms with E-state index in [1.807, 2.05) is 79.7 Å². The second kappa shape index (κ2) is 15.4. The Morgan fingerprint density at radius 3 is 2.30 bits per heavy atom. The number of anilines is 5. The molecule has 3 aromatic carbocycles. The van der Waals surface area contributed by atoms with Gasteiger partial charge in [-0.2, -0.15) is 4.98 Å². The molecule has 0 atom stereocenters. The lowest BCUT2D eigenvalue weighted by Gasteiger charge is -2.11. The van der Waals surface area contributed by atoms with Gasteiger partial charge < -0.3 is 26.6 Å². The molecule has 0 radical (unpaired) electrons. The van der Waals surface area contributed by atoms with E-state index in [2.05, 4.69) is 41.8 Å². The van der Waals surface area contributed by atoms with Gasteiger partial charge in [0.05, 0.1) is 6.20 Å². The summed E-state index contributed by atoms with van der Waals surface area (Å²) in [6.45, 7) is 0.753. The van der Waals surface area contributed by atoms with E-state index in [0.717, 1.165) is 22.4 Å². The molecule has 40 heavy (non-hydrogen) atoms. The molecule has 0 aliphatic heterocycles. The van der Waals surface area contributed by atoms with Gasteiger partial charge in [0.1, 0.15) is 5.02 Å². The van der Waals surface area contributed by atoms with Gasteiger partial charge >= 0.3 is 0 Å². The maximum atomic E-state index is 12.4. The lowest BCUT2D eigenvalue weighted by molar-refractivity contribution is -0.113. The number of nitrogens with zero attached hydrogens (tertiary/aromatic N) is 3. The Kier molecular flexibility index (Phi) is 11.6. The molecule has 0 spiro atoms. The largest absolute Gasteiger partial charge is 0.366 e. The van der Waals surface area contributed by atoms with Crippen molar-refractivity contribution in [3.63, 3.8) is 0 Å². The zero-order valence-electron chi connectivity index (χ0n) is 21.9. The summed E-state index contributed by atoms with van der Waals surface area (Å²) in [6, 6.07) is 24.0. The minimum atomic E-state index is -0.392. The molecule has 1 aromatic heterocycles. The first-order valence-electron chi connectivity index (χ1n) is 12.1. The van der Waals surface area contributed by atoms with Crippen molar-refractivity contribution in [3.05, 3.63) is 112 Å². The first kappa shape index (κ1) is 30.3. The predicted octanol–water partition coefficient (Wildman–Crippen LogP) is 6.22. The number of halogens is 2. The Bertz CT molecular complexity index is 1470. The number of aromatic nitrogens is 2. The Hall–Kier alpha value is -4.25. The van der Waals surface area contributed by atoms with Crippen LogP contribution in [0.3, 0.4) is 0 Å². The minimum absolute atomic E-state index is 0.180. The highest BCUT2D eigenvalue weighted by molar-refractivity contribution is 9.10. The minimum Gasteiger partial charge on any atom is -0.366 e. The van der Waals surface area contributed by atoms with Gasteiger partial charge in [0.15, 0.2) is 5.82 Å². The van der Waals surface area contributed by atoms with Gasteiger partial charge in [0.25, 0.3) is 5.91 Å². The van der Waals surface area contributed by atoms with E-state index >= 15 is 0 Å². The van der Waals surface area contributed by atoms with E-state index in [1.165, 1.54) is 12.3 Å². The van der Waals surface area contributed by atoms with Gasteiger partial charge in [0, 0.05) is 33.6 Å². The molecule has 1 heterocycles. The summed E-state index contributed by atoms with van der Waals surface area (Å²) in [6.07, 6.45) is 4.61. The molecule has 206 valence electrons. The average molecular weight is 623 g/mol. The highest BCUT2D eigenvalue weighted by Crippen LogP contribution is 2.27. The third kappa shape index (κ3) is 10.5. The van der Waals surface area contributed by atoms with Crippen LogP contribution in [-0.2, 0) is 4.79 Å². The lowest BCUT2D eigenvalue weighted by atomic mass is 10.2. The number of benzene rings is 3. The Balaban J connectivity index is 0.000000424. The second-order valence-corrected chi connectivity index (χ2v) is 9.94. The van der Waals surface area contributed by atoms with Crippen LogP contribution in [0.4, 0.5) is 28.8 Å². The molecule has 0 aliphatic carbocycles. The van der Waals surface area contributed by atoms with Crippen molar-refractivity contribution in [1.82, 2.24) is 14.9 Å². The lowest BCUT2D eigenvalue weighted by Crippen LogP contribution is -2.12. The van der Waals surface area contributed by atoms with Crippen LogP contribution in [0.2, 0.25) is 5.02 Å². The Morgan fingerprint density at radius 2 is 1.62 bits per heavy atom. The number of carbonyl (C=O) groups is 2. The standard InChI is InChI=1S/C23H17BrClN5O.C6H12N2O/c24-16-8-4-9-17(12-16)27-21-20(25)14-26-23(30-21)29-19-11-5-10-18(13-19)28-22(31)15-6-2-1-3-7-15;1-8(2)5-3-4-6(7)9/h1-14H,(H,28,31)(H2,26,27,29,30);3-4H,5H2,1-2H3,(H2,7,9)/b;4-3+. The first-order valence-corrected chi connectivity index (χ1v) is 13.3. The third-order valence-corrected chi connectivity index (χ3v) is 5.77. The fourth-order valence-corrected chi connectivity index (χ4v) is 3.73. The van der Waals surface area contributed by atoms with Crippen molar-refractivity contribution in [1.29, 1.82) is 0 Å². The normalized spacial score (nSPS) is 10.5. The molecule has 4 aromatic rings. The Morgan fingerprint density at radius 1 is 0.950 bits per heavy atom. The van der Waals surface area contributed by atoms with Crippen LogP contribution in [0.1, 0.15) is 10.4 Å². The number of nitrogens with two attached hydrogens (primary N) is 1. The van der Waals surface area contributed by atoms with Crippen LogP contribution in [0, 0.1) is 0 Å². The average Bonchev–Trinajstić information content (AvgIpc) is 2.91. The summed E-state index contributed by atoms with van der Waals surface area (Å²) in [4.78, 5) is 33.1. The molecular weight excluding hydrogens is 594 g/mol. The van der Waals surface area contributed by atoms with Gasteiger partial charge in [-0.1, -0.05) is 63.9 Å². The molecule has 0 fully saturated rings. The van der Waals surface area contributed by atoms with E-state index < -0.39 is 5.91 Å². The molecule has 9 nitrogen and oxygen atoms in total. The van der Waals surface area contributed by atoms with E-state index in [4.69, 9.17) is 17.3 Å². The molecule has 0 saturated heterocycles. The first-order chi connectivity index (χ1) is 19.2. The summed E-state index contributed by atoms with van der Waals surface area (Å²) in [7, 11) is 3.84. The maximum absolute atomic E-state index is 12.4. The number of amides is 2. The molecule has 5 N–H and O–H groups in total. The number of rotatable bonds is 9. The zero-order chi connectivity index (χ0) is 28.9. The van der Waals surface area contributed by atoms with Crippen LogP contribution in [0.5, 0.6) is 0 Å². The number of nitrogens with one attached hydrogen (secondary N) is 3. The quantitative estimate of drug-likeness (QED) is 0.163. The number of hydrogen-bond acceptors (Lipinski definition) is 7. The molecule has 0 bridgehead atoms. The number of likely N-dealkylation sites (N-methyl/N-ethyl adjacent to an activating group) is 1. The summed E-state index contributed by atoms with van der Waals surface area (Å²) < 4.78 is 0.940. The van der Waals surface area contributed by atoms with Crippen molar-refractivity contribution in [2.24, 2.45) is 5.73 Å². The predicted molar refractivity (Wildman–Crippen MR) is 165 cm³/mol. The monoisotopic (exact) mass is 621 g/mol. The fourth-order valence-electron chi connectivity index (χ4n) is 3.19. The summed E-state index contributed by atoms with van der Waals surface area (Å²) in [5, 5.41) is 9.61. The molecule has 11 heteroatoms. The molecule has 2 amide bonds. The molecular formula is C29H29BrClN7O2. The van der Waals surface area contributed by atoms with E-state index in [-0.39, 0.29) is 5.91 Å². The van der Waals surface area contributed by atoms with Crippen molar-refractivity contribution >= 4 is 68.2 Å². The number of hydrogen-bond donors (Lipinski definition) is 4. The number of carbonyl (C=O) groups excluding carboxylic acids is 2. The van der Waals surface area contributed by atoms with Crippen molar-refractivity contribution in [2.75, 3.05) is 36.6 Å². The van der Waals surface area contributed by atoms with E-state index in [1.54, 1.807) is 24.3 Å². The molecule has 4 rings (SSSR count). The van der Waals surface area contributed by atoms with Crippen LogP contribution < -0.4 is 21.7 Å². The molecule has 0 aliphatic rings. The van der Waals surface area contributed by atoms with Gasteiger partial charge in [-0.15, -0.1) is 0 Å². The molecule has 0 saturated carbocycles. The van der Waals surface area contributed by atoms with Crippen molar-refractivity contribution in [2.45, 2.75) is 0 Å². The van der Waals surface area contributed by atoms with Gasteiger partial charge in [-0.25, -0.2) is 4.98 Å². The SMILES string of the molecule is CN(C)C/C=C/C(N)=O.O=C(Nc1cccc(Nc2ncc(Cl)c(Nc3cccc(Br)c3)n2)c1)c1ccccc1. The summed E-state index contributed by atoms with van der Waals surface area (Å²) >= 11 is 9.70. The van der Waals surface area contributed by atoms with Crippen LogP contribution in [0.25, 0.3) is 0 Å². The number of primary amides is 1. The fraction of sp³-hybridized carbons (Fsp3) is 0.103. The zero-order valence-corrected chi connectivity index (χ0v) is 24.3. The van der Waals surface area contributed by atoms with Gasteiger partial charge in [-0.05, 0) is 68.7 Å². The van der Waals surface area contributed by atoms with E-state index in [0.29, 0.717) is 28.0 Å². The van der Waals surface area contributed by atoms with Gasteiger partial charge in [-0.3, -0.25) is 9.59 Å². The van der Waals surface area contributed by atoms with Crippen molar-refractivity contribution < 1.29 is 9.59 Å². The second-order valence-electron chi connectivity index (χ2n) is 8.62. The van der Waals surface area contributed by atoms with Crippen LogP contribution in [0.15, 0.2) is 102 Å². The van der Waals surface area contributed by atoms with Gasteiger partial charge in [0.2, 0.25) is 11.9 Å². The van der Waals surface area contributed by atoms with Crippen molar-refractivity contribution in [3.8, 4) is 0 Å². The highest BCUT2D eigenvalue weighted by atomic mass is 79.9. The van der Waals surface area contributed by atoms with E-state index in [9.17, 15) is 9.59 Å². The summed E-state index contributed by atoms with van der Waals surface area (Å²) in [5.74, 6) is 0.275.